The topological polar surface area (TPSA) is 17.1 Å². The van der Waals surface area contributed by atoms with Crippen molar-refractivity contribution in [3.05, 3.63) is 53.1 Å². The zero-order chi connectivity index (χ0) is 24.0. The van der Waals surface area contributed by atoms with Crippen LogP contribution < -0.4 is 5.30 Å². The second kappa shape index (κ2) is 9.06. The van der Waals surface area contributed by atoms with Gasteiger partial charge in [0.05, 0.1) is 0 Å². The maximum atomic E-state index is 12.6. The average molecular weight is 451 g/mol. The van der Waals surface area contributed by atoms with E-state index in [4.69, 9.17) is 0 Å². The van der Waals surface area contributed by atoms with Crippen molar-refractivity contribution in [2.24, 2.45) is 0 Å². The fourth-order valence-electron chi connectivity index (χ4n) is 5.80. The molecule has 1 fully saturated rings. The molecule has 1 saturated heterocycles. The van der Waals surface area contributed by atoms with Crippen LogP contribution in [0.1, 0.15) is 117 Å². The van der Waals surface area contributed by atoms with Crippen LogP contribution in [-0.2, 0) is 4.79 Å². The van der Waals surface area contributed by atoms with Crippen molar-refractivity contribution >= 4 is 19.0 Å². The summed E-state index contributed by atoms with van der Waals surface area (Å²) < 4.78 is 0. The van der Waals surface area contributed by atoms with Gasteiger partial charge >= 0.3 is 0 Å². The van der Waals surface area contributed by atoms with Gasteiger partial charge in [0.1, 0.15) is 5.78 Å². The molecule has 174 valence electrons. The van der Waals surface area contributed by atoms with Crippen molar-refractivity contribution < 1.29 is 4.79 Å². The molecule has 3 rings (SSSR count). The molecule has 0 bridgehead atoms. The minimum absolute atomic E-state index is 0.00185. The quantitative estimate of drug-likeness (QED) is 0.416. The summed E-state index contributed by atoms with van der Waals surface area (Å²) in [6.07, 6.45) is 1.38. The predicted octanol–water partition coefficient (Wildman–Crippen LogP) is 8.75. The van der Waals surface area contributed by atoms with Crippen molar-refractivity contribution in [3.63, 3.8) is 0 Å². The highest BCUT2D eigenvalue weighted by Gasteiger charge is 2.48. The van der Waals surface area contributed by atoms with E-state index < -0.39 is 7.92 Å². The smallest absolute Gasteiger partial charge is 0.134 e. The van der Waals surface area contributed by atoms with Crippen LogP contribution in [0, 0.1) is 0 Å². The van der Waals surface area contributed by atoms with Gasteiger partial charge in [-0.2, -0.15) is 0 Å². The van der Waals surface area contributed by atoms with Gasteiger partial charge in [0, 0.05) is 12.8 Å². The Morgan fingerprint density at radius 2 is 1.22 bits per heavy atom. The monoisotopic (exact) mass is 450 g/mol. The summed E-state index contributed by atoms with van der Waals surface area (Å²) in [4.78, 5) is 12.6. The Labute approximate surface area is 198 Å². The van der Waals surface area contributed by atoms with E-state index in [1.807, 2.05) is 0 Å². The first-order valence-corrected chi connectivity index (χ1v) is 13.7. The molecule has 0 N–H and O–H groups in total. The van der Waals surface area contributed by atoms with E-state index >= 15 is 0 Å². The standard InChI is InChI=1S/C30H43OP/c1-19(2)22-15-25(20(3)4)28(26(16-22)21(5)6)24-13-11-12-14-27(24)32-29(7,8)17-23(31)18-30(32,9)10/h11-16,19-21H,17-18H2,1-10H3. The molecule has 0 radical (unpaired) electrons. The lowest BCUT2D eigenvalue weighted by atomic mass is 9.82. The number of benzene rings is 2. The Morgan fingerprint density at radius 3 is 1.66 bits per heavy atom. The number of hydrogen-bond donors (Lipinski definition) is 0. The van der Waals surface area contributed by atoms with Gasteiger partial charge in [0.25, 0.3) is 0 Å². The van der Waals surface area contributed by atoms with Crippen molar-refractivity contribution in [1.82, 2.24) is 0 Å². The number of ketones is 1. The van der Waals surface area contributed by atoms with E-state index in [1.54, 1.807) is 0 Å². The van der Waals surface area contributed by atoms with Crippen molar-refractivity contribution in [3.8, 4) is 11.1 Å². The summed E-state index contributed by atoms with van der Waals surface area (Å²) in [5.41, 5.74) is 7.21. The van der Waals surface area contributed by atoms with Crippen LogP contribution in [-0.4, -0.2) is 16.1 Å². The Balaban J connectivity index is 2.36. The molecular formula is C30H43OP. The van der Waals surface area contributed by atoms with Crippen LogP contribution in [0.4, 0.5) is 0 Å². The van der Waals surface area contributed by atoms with Gasteiger partial charge in [0.2, 0.25) is 0 Å². The molecule has 1 aliphatic rings. The van der Waals surface area contributed by atoms with E-state index in [0.29, 0.717) is 36.4 Å². The molecule has 0 aromatic heterocycles. The number of hydrogen-bond acceptors (Lipinski definition) is 1. The van der Waals surface area contributed by atoms with E-state index in [-0.39, 0.29) is 10.3 Å². The molecule has 1 aliphatic heterocycles. The zero-order valence-corrected chi connectivity index (χ0v) is 22.9. The van der Waals surface area contributed by atoms with Crippen LogP contribution in [0.25, 0.3) is 11.1 Å². The number of Topliss-reactive ketones (excluding diaryl/α,β-unsaturated/α-hetero) is 1. The maximum absolute atomic E-state index is 12.6. The lowest BCUT2D eigenvalue weighted by Crippen LogP contribution is -2.43. The van der Waals surface area contributed by atoms with Gasteiger partial charge in [-0.25, -0.2) is 0 Å². The fourth-order valence-corrected chi connectivity index (χ4v) is 10.1. The molecule has 0 spiro atoms. The highest BCUT2D eigenvalue weighted by Crippen LogP contribution is 2.65. The van der Waals surface area contributed by atoms with Gasteiger partial charge in [0.15, 0.2) is 0 Å². The first kappa shape index (κ1) is 25.2. The first-order valence-electron chi connectivity index (χ1n) is 12.4. The normalized spacial score (nSPS) is 18.7. The SMILES string of the molecule is CC(C)c1cc(C(C)C)c(-c2ccccc2P2C(C)(C)CC(=O)CC2(C)C)c(C(C)C)c1. The molecule has 0 aliphatic carbocycles. The fraction of sp³-hybridized carbons (Fsp3) is 0.567. The summed E-state index contributed by atoms with van der Waals surface area (Å²) in [7, 11) is -0.529. The lowest BCUT2D eigenvalue weighted by Gasteiger charge is -2.50. The third kappa shape index (κ3) is 4.75. The van der Waals surface area contributed by atoms with Crippen molar-refractivity contribution in [1.29, 1.82) is 0 Å². The number of carbonyl (C=O) groups excluding carboxylic acids is 1. The average Bonchev–Trinajstić information content (AvgIpc) is 2.64. The molecule has 0 unspecified atom stereocenters. The number of rotatable bonds is 5. The lowest BCUT2D eigenvalue weighted by molar-refractivity contribution is -0.120. The number of carbonyl (C=O) groups is 1. The summed E-state index contributed by atoms with van der Waals surface area (Å²) in [5, 5.41) is 1.47. The second-order valence-corrected chi connectivity index (χ2v) is 15.5. The predicted molar refractivity (Wildman–Crippen MR) is 143 cm³/mol. The highest BCUT2D eigenvalue weighted by atomic mass is 31.1. The Kier molecular flexibility index (Phi) is 7.12. The highest BCUT2D eigenvalue weighted by molar-refractivity contribution is 7.69. The van der Waals surface area contributed by atoms with E-state index in [1.165, 1.54) is 33.1 Å². The molecule has 2 aromatic carbocycles. The maximum Gasteiger partial charge on any atom is 0.134 e. The molecule has 0 saturated carbocycles. The van der Waals surface area contributed by atoms with Gasteiger partial charge in [-0.05, 0) is 61.2 Å². The Morgan fingerprint density at radius 1 is 0.750 bits per heavy atom. The summed E-state index contributed by atoms with van der Waals surface area (Å²) >= 11 is 0. The molecule has 1 heterocycles. The van der Waals surface area contributed by atoms with Gasteiger partial charge in [-0.15, -0.1) is 0 Å². The minimum atomic E-state index is -0.529. The third-order valence-electron chi connectivity index (χ3n) is 7.02. The van der Waals surface area contributed by atoms with Crippen LogP contribution in [0.3, 0.4) is 0 Å². The summed E-state index contributed by atoms with van der Waals surface area (Å²) in [6.45, 7) is 23.2. The van der Waals surface area contributed by atoms with E-state index in [2.05, 4.69) is 106 Å². The van der Waals surface area contributed by atoms with E-state index in [9.17, 15) is 4.79 Å². The van der Waals surface area contributed by atoms with Crippen LogP contribution in [0.2, 0.25) is 0 Å². The van der Waals surface area contributed by atoms with Crippen LogP contribution in [0.15, 0.2) is 36.4 Å². The molecular weight excluding hydrogens is 407 g/mol. The summed E-state index contributed by atoms with van der Waals surface area (Å²) in [6, 6.07) is 14.0. The Hall–Kier alpha value is -1.46. The van der Waals surface area contributed by atoms with Gasteiger partial charge in [-0.3, -0.25) is 4.79 Å². The second-order valence-electron chi connectivity index (χ2n) is 11.9. The molecule has 0 amide bonds. The molecule has 32 heavy (non-hydrogen) atoms. The Bertz CT molecular complexity index is 945. The molecule has 1 nitrogen and oxygen atoms in total. The van der Waals surface area contributed by atoms with Crippen molar-refractivity contribution in [2.45, 2.75) is 110 Å². The molecule has 2 heteroatoms. The van der Waals surface area contributed by atoms with Crippen LogP contribution >= 0.6 is 7.92 Å². The van der Waals surface area contributed by atoms with Crippen molar-refractivity contribution in [2.75, 3.05) is 0 Å². The summed E-state index contributed by atoms with van der Waals surface area (Å²) in [5.74, 6) is 1.84. The van der Waals surface area contributed by atoms with Gasteiger partial charge < -0.3 is 0 Å². The third-order valence-corrected chi connectivity index (χ3v) is 10.6. The van der Waals surface area contributed by atoms with E-state index in [0.717, 1.165) is 0 Å². The minimum Gasteiger partial charge on any atom is -0.300 e. The molecule has 0 atom stereocenters. The molecule has 2 aromatic rings. The van der Waals surface area contributed by atoms with Gasteiger partial charge in [-0.1, -0.05) is 114 Å². The largest absolute Gasteiger partial charge is 0.300 e. The first-order chi connectivity index (χ1) is 14.8. The van der Waals surface area contributed by atoms with Crippen LogP contribution in [0.5, 0.6) is 0 Å². The zero-order valence-electron chi connectivity index (χ0n) is 22.0.